The van der Waals surface area contributed by atoms with Gasteiger partial charge < -0.3 is 0 Å². The van der Waals surface area contributed by atoms with Crippen molar-refractivity contribution in [3.63, 3.8) is 0 Å². The average Bonchev–Trinajstić information content (AvgIpc) is 3.72. The maximum absolute atomic E-state index is 13.5. The van der Waals surface area contributed by atoms with Crippen molar-refractivity contribution >= 4 is 11.2 Å². The van der Waals surface area contributed by atoms with E-state index < -0.39 is 0 Å². The van der Waals surface area contributed by atoms with Crippen molar-refractivity contribution in [3.8, 4) is 0 Å². The molecule has 3 heterocycles. The predicted molar refractivity (Wildman–Crippen MR) is 139 cm³/mol. The number of aryl methyl sites for hydroxylation is 2. The number of benzene rings is 1. The molecule has 2 saturated carbocycles. The fraction of sp³-hybridized carbons (Fsp3) is 0.414. The molecule has 0 N–H and O–H groups in total. The largest absolute Gasteiger partial charge is 0.285 e. The van der Waals surface area contributed by atoms with Gasteiger partial charge in [-0.25, -0.2) is 9.37 Å². The highest BCUT2D eigenvalue weighted by atomic mass is 19.1. The Morgan fingerprint density at radius 3 is 2.42 bits per heavy atom. The predicted octanol–water partition coefficient (Wildman–Crippen LogP) is 6.00. The van der Waals surface area contributed by atoms with Crippen LogP contribution in [0.25, 0.3) is 11.2 Å². The van der Waals surface area contributed by atoms with Crippen LogP contribution < -0.4 is 5.56 Å². The third kappa shape index (κ3) is 5.50. The molecular formula is C29H32FN5O. The number of fused-ring (bicyclic) bond motifs is 1. The fourth-order valence-corrected chi connectivity index (χ4v) is 5.04. The van der Waals surface area contributed by atoms with E-state index in [9.17, 15) is 9.18 Å². The molecule has 1 aromatic carbocycles. The minimum Gasteiger partial charge on any atom is -0.285 e. The first-order valence-corrected chi connectivity index (χ1v) is 12.9. The van der Waals surface area contributed by atoms with E-state index >= 15 is 0 Å². The van der Waals surface area contributed by atoms with Crippen LogP contribution in [0.4, 0.5) is 4.39 Å². The van der Waals surface area contributed by atoms with Gasteiger partial charge in [-0.05, 0) is 69.2 Å². The second-order valence-electron chi connectivity index (χ2n) is 10.0. The SMILES string of the molecule is Cc1cccc(F)c1.Cc1cnc2cc(C3CCCCC3)c(=O)n(Cc3nccnc3C3CC3)c2n1. The van der Waals surface area contributed by atoms with Gasteiger partial charge in [0.15, 0.2) is 5.65 Å². The highest BCUT2D eigenvalue weighted by Crippen LogP contribution is 2.40. The van der Waals surface area contributed by atoms with E-state index in [-0.39, 0.29) is 11.4 Å². The van der Waals surface area contributed by atoms with Gasteiger partial charge in [0.2, 0.25) is 0 Å². The van der Waals surface area contributed by atoms with Crippen molar-refractivity contribution in [3.05, 3.63) is 93.3 Å². The van der Waals surface area contributed by atoms with Gasteiger partial charge in [0.25, 0.3) is 5.56 Å². The Labute approximate surface area is 210 Å². The number of pyridine rings is 1. The van der Waals surface area contributed by atoms with Gasteiger partial charge in [0.05, 0.1) is 23.6 Å². The fourth-order valence-electron chi connectivity index (χ4n) is 5.04. The van der Waals surface area contributed by atoms with Crippen LogP contribution in [0, 0.1) is 19.7 Å². The van der Waals surface area contributed by atoms with E-state index in [1.54, 1.807) is 29.2 Å². The lowest BCUT2D eigenvalue weighted by Crippen LogP contribution is -2.28. The lowest BCUT2D eigenvalue weighted by molar-refractivity contribution is 0.439. The molecule has 2 aliphatic carbocycles. The van der Waals surface area contributed by atoms with Crippen LogP contribution >= 0.6 is 0 Å². The number of hydrogen-bond donors (Lipinski definition) is 0. The normalized spacial score (nSPS) is 16.0. The van der Waals surface area contributed by atoms with E-state index in [1.807, 2.05) is 26.0 Å². The Morgan fingerprint density at radius 1 is 0.944 bits per heavy atom. The topological polar surface area (TPSA) is 73.6 Å². The van der Waals surface area contributed by atoms with Crippen LogP contribution in [0.15, 0.2) is 53.7 Å². The zero-order valence-corrected chi connectivity index (χ0v) is 21.0. The highest BCUT2D eigenvalue weighted by Gasteiger charge is 2.29. The summed E-state index contributed by atoms with van der Waals surface area (Å²) in [5.74, 6) is 0.648. The van der Waals surface area contributed by atoms with E-state index in [1.165, 1.54) is 31.4 Å². The van der Waals surface area contributed by atoms with Gasteiger partial charge in [0.1, 0.15) is 11.3 Å². The minimum atomic E-state index is -0.162. The molecule has 4 aromatic rings. The molecule has 3 aromatic heterocycles. The molecule has 6 rings (SSSR count). The molecular weight excluding hydrogens is 453 g/mol. The van der Waals surface area contributed by atoms with Crippen LogP contribution in [0.2, 0.25) is 0 Å². The van der Waals surface area contributed by atoms with Gasteiger partial charge >= 0.3 is 0 Å². The molecule has 36 heavy (non-hydrogen) atoms. The zero-order chi connectivity index (χ0) is 25.1. The van der Waals surface area contributed by atoms with Crippen molar-refractivity contribution in [1.29, 1.82) is 0 Å². The first-order chi connectivity index (χ1) is 17.5. The first-order valence-electron chi connectivity index (χ1n) is 12.9. The van der Waals surface area contributed by atoms with Gasteiger partial charge in [-0.15, -0.1) is 0 Å². The zero-order valence-electron chi connectivity index (χ0n) is 21.0. The van der Waals surface area contributed by atoms with Crippen LogP contribution in [0.3, 0.4) is 0 Å². The van der Waals surface area contributed by atoms with E-state index in [2.05, 4.69) is 19.9 Å². The maximum atomic E-state index is 13.5. The second kappa shape index (κ2) is 10.6. The Balaban J connectivity index is 0.000000286. The van der Waals surface area contributed by atoms with Crippen LogP contribution in [-0.4, -0.2) is 24.5 Å². The van der Waals surface area contributed by atoms with Crippen molar-refractivity contribution in [2.75, 3.05) is 0 Å². The lowest BCUT2D eigenvalue weighted by atomic mass is 9.84. The lowest BCUT2D eigenvalue weighted by Gasteiger charge is -2.22. The summed E-state index contributed by atoms with van der Waals surface area (Å²) < 4.78 is 14.0. The van der Waals surface area contributed by atoms with Gasteiger partial charge in [-0.1, -0.05) is 31.4 Å². The van der Waals surface area contributed by atoms with Crippen molar-refractivity contribution < 1.29 is 4.39 Å². The monoisotopic (exact) mass is 485 g/mol. The summed E-state index contributed by atoms with van der Waals surface area (Å²) in [7, 11) is 0. The molecule has 2 aliphatic rings. The molecule has 6 nitrogen and oxygen atoms in total. The average molecular weight is 486 g/mol. The number of rotatable bonds is 4. The molecule has 7 heteroatoms. The van der Waals surface area contributed by atoms with E-state index in [0.29, 0.717) is 24.0 Å². The van der Waals surface area contributed by atoms with E-state index in [4.69, 9.17) is 0 Å². The molecule has 2 fully saturated rings. The van der Waals surface area contributed by atoms with Crippen LogP contribution in [-0.2, 0) is 6.54 Å². The standard InChI is InChI=1S/C22H25N5O.C7H7F/c1-14-12-25-18-11-17(15-5-3-2-4-6-15)22(28)27(21(18)26-14)13-19-20(16-7-8-16)24-10-9-23-19;1-6-3-2-4-7(8)5-6/h9-12,15-16H,2-8,13H2,1H3;2-5H,1H3. The summed E-state index contributed by atoms with van der Waals surface area (Å²) in [5.41, 5.74) is 6.09. The number of nitrogens with zero attached hydrogens (tertiary/aromatic N) is 5. The molecule has 0 bridgehead atoms. The molecule has 0 saturated heterocycles. The summed E-state index contributed by atoms with van der Waals surface area (Å²) in [6.07, 6.45) is 13.4. The summed E-state index contributed by atoms with van der Waals surface area (Å²) in [5, 5.41) is 0. The third-order valence-corrected chi connectivity index (χ3v) is 7.05. The molecule has 0 amide bonds. The Kier molecular flexibility index (Phi) is 7.16. The molecule has 0 spiro atoms. The minimum absolute atomic E-state index is 0.0618. The third-order valence-electron chi connectivity index (χ3n) is 7.05. The number of hydrogen-bond acceptors (Lipinski definition) is 5. The Hall–Kier alpha value is -3.48. The van der Waals surface area contributed by atoms with Crippen LogP contribution in [0.5, 0.6) is 0 Å². The smallest absolute Gasteiger partial charge is 0.256 e. The molecule has 0 aliphatic heterocycles. The van der Waals surface area contributed by atoms with Crippen molar-refractivity contribution in [1.82, 2.24) is 24.5 Å². The molecule has 0 unspecified atom stereocenters. The first kappa shape index (κ1) is 24.2. The van der Waals surface area contributed by atoms with Gasteiger partial charge in [-0.3, -0.25) is 24.3 Å². The summed E-state index contributed by atoms with van der Waals surface area (Å²) >= 11 is 0. The van der Waals surface area contributed by atoms with Crippen LogP contribution in [0.1, 0.15) is 85.0 Å². The number of aromatic nitrogens is 5. The highest BCUT2D eigenvalue weighted by molar-refractivity contribution is 5.71. The summed E-state index contributed by atoms with van der Waals surface area (Å²) in [6.45, 7) is 4.19. The van der Waals surface area contributed by atoms with Crippen molar-refractivity contribution in [2.24, 2.45) is 0 Å². The number of halogens is 1. The van der Waals surface area contributed by atoms with E-state index in [0.717, 1.165) is 59.4 Å². The maximum Gasteiger partial charge on any atom is 0.256 e. The van der Waals surface area contributed by atoms with Crippen molar-refractivity contribution in [2.45, 2.75) is 77.2 Å². The van der Waals surface area contributed by atoms with Gasteiger partial charge in [-0.2, -0.15) is 0 Å². The quantitative estimate of drug-likeness (QED) is 0.355. The van der Waals surface area contributed by atoms with Gasteiger partial charge in [0, 0.05) is 30.1 Å². The Morgan fingerprint density at radius 2 is 1.72 bits per heavy atom. The second-order valence-corrected chi connectivity index (χ2v) is 10.0. The Bertz CT molecular complexity index is 1410. The summed E-state index contributed by atoms with van der Waals surface area (Å²) in [4.78, 5) is 31.9. The molecule has 0 radical (unpaired) electrons. The molecule has 186 valence electrons. The summed E-state index contributed by atoms with van der Waals surface area (Å²) in [6, 6.07) is 8.48. The molecule has 0 atom stereocenters.